The minimum absolute atomic E-state index is 0.179. The number of carboxylic acid groups (broad SMARTS) is 1. The van der Waals surface area contributed by atoms with E-state index in [4.69, 9.17) is 21.4 Å². The van der Waals surface area contributed by atoms with E-state index in [2.05, 4.69) is 0 Å². The van der Waals surface area contributed by atoms with Gasteiger partial charge in [0.15, 0.2) is 12.3 Å². The van der Waals surface area contributed by atoms with Crippen molar-refractivity contribution in [3.8, 4) is 5.75 Å². The van der Waals surface area contributed by atoms with Crippen molar-refractivity contribution in [2.75, 3.05) is 6.67 Å². The fourth-order valence-corrected chi connectivity index (χ4v) is 2.29. The molecule has 1 heterocycles. The minimum atomic E-state index is -2.05. The van der Waals surface area contributed by atoms with Gasteiger partial charge >= 0.3 is 5.97 Å². The maximum Gasteiger partial charge on any atom is 0.335 e. The lowest BCUT2D eigenvalue weighted by Crippen LogP contribution is -2.37. The Morgan fingerprint density at radius 3 is 2.84 bits per heavy atom. The lowest BCUT2D eigenvalue weighted by atomic mass is 9.98. The Hall–Kier alpha value is -1.62. The molecular weight excluding hydrogens is 278 g/mol. The van der Waals surface area contributed by atoms with Crippen LogP contribution < -0.4 is 4.74 Å². The molecule has 0 fully saturated rings. The van der Waals surface area contributed by atoms with Gasteiger partial charge in [-0.25, -0.2) is 13.6 Å². The summed E-state index contributed by atoms with van der Waals surface area (Å²) in [7, 11) is 0. The van der Waals surface area contributed by atoms with E-state index < -0.39 is 24.9 Å². The zero-order chi connectivity index (χ0) is 14.2. The van der Waals surface area contributed by atoms with Gasteiger partial charge in [-0.2, -0.15) is 0 Å². The highest BCUT2D eigenvalue weighted by Crippen LogP contribution is 2.38. The van der Waals surface area contributed by atoms with Crippen LogP contribution in [-0.2, 0) is 4.79 Å². The van der Waals surface area contributed by atoms with E-state index in [9.17, 15) is 13.6 Å². The molecule has 0 amide bonds. The molecule has 1 aromatic rings. The first-order valence-electron chi connectivity index (χ1n) is 5.55. The van der Waals surface area contributed by atoms with Crippen molar-refractivity contribution in [3.05, 3.63) is 33.9 Å². The quantitative estimate of drug-likeness (QED) is 0.929. The highest BCUT2D eigenvalue weighted by Gasteiger charge is 2.35. The van der Waals surface area contributed by atoms with Crippen molar-refractivity contribution in [2.24, 2.45) is 0 Å². The van der Waals surface area contributed by atoms with Crippen LogP contribution in [-0.4, -0.2) is 30.0 Å². The van der Waals surface area contributed by atoms with Crippen LogP contribution in [0.1, 0.15) is 11.1 Å². The van der Waals surface area contributed by atoms with Gasteiger partial charge in [0.2, 0.25) is 0 Å². The van der Waals surface area contributed by atoms with Gasteiger partial charge in [0.25, 0.3) is 0 Å². The molecule has 2 unspecified atom stereocenters. The minimum Gasteiger partial charge on any atom is -0.480 e. The number of hydrogen-bond acceptors (Lipinski definition) is 2. The summed E-state index contributed by atoms with van der Waals surface area (Å²) in [5, 5.41) is 9.29. The molecule has 1 aliphatic heterocycles. The number of aliphatic carboxylic acids is 1. The van der Waals surface area contributed by atoms with E-state index in [1.807, 2.05) is 0 Å². The maximum absolute atomic E-state index is 13.5. The predicted octanol–water partition coefficient (Wildman–Crippen LogP) is 3.19. The predicted molar refractivity (Wildman–Crippen MR) is 67.1 cm³/mol. The van der Waals surface area contributed by atoms with Crippen LogP contribution in [0.5, 0.6) is 5.75 Å². The second-order valence-electron chi connectivity index (χ2n) is 4.28. The zero-order valence-electron chi connectivity index (χ0n) is 9.99. The second kappa shape index (κ2) is 5.17. The van der Waals surface area contributed by atoms with Crippen LogP contribution in [0.25, 0.3) is 6.08 Å². The first-order chi connectivity index (χ1) is 8.93. The Balaban J connectivity index is 2.54. The molecule has 0 aliphatic carbocycles. The molecule has 0 radical (unpaired) electrons. The lowest BCUT2D eigenvalue weighted by molar-refractivity contribution is -0.134. The molecular formula is C13H11ClF2O3. The molecule has 3 nitrogen and oxygen atoms in total. The average Bonchev–Trinajstić information content (AvgIpc) is 2.36. The van der Waals surface area contributed by atoms with Crippen LogP contribution in [0, 0.1) is 6.92 Å². The van der Waals surface area contributed by atoms with E-state index in [1.165, 1.54) is 6.08 Å². The molecule has 2 atom stereocenters. The number of benzene rings is 1. The smallest absolute Gasteiger partial charge is 0.335 e. The van der Waals surface area contributed by atoms with Crippen LogP contribution in [0.2, 0.25) is 5.02 Å². The Morgan fingerprint density at radius 1 is 1.58 bits per heavy atom. The van der Waals surface area contributed by atoms with Gasteiger partial charge in [-0.1, -0.05) is 11.6 Å². The number of fused-ring (bicyclic) bond motifs is 1. The number of aryl methyl sites for hydroxylation is 1. The number of carbonyl (C=O) groups is 1. The van der Waals surface area contributed by atoms with Crippen molar-refractivity contribution >= 4 is 23.6 Å². The summed E-state index contributed by atoms with van der Waals surface area (Å²) in [6.07, 6.45) is -2.27. The highest BCUT2D eigenvalue weighted by atomic mass is 35.5. The molecule has 1 aliphatic rings. The lowest BCUT2D eigenvalue weighted by Gasteiger charge is -2.27. The summed E-state index contributed by atoms with van der Waals surface area (Å²) in [5.74, 6) is -1.16. The normalized spacial score (nSPS) is 19.2. The largest absolute Gasteiger partial charge is 0.480 e. The summed E-state index contributed by atoms with van der Waals surface area (Å²) in [6.45, 7) is 0.458. The van der Waals surface area contributed by atoms with E-state index in [-0.39, 0.29) is 16.3 Å². The summed E-state index contributed by atoms with van der Waals surface area (Å²) in [6, 6.07) is 3.28. The summed E-state index contributed by atoms with van der Waals surface area (Å²) in [4.78, 5) is 11.1. The van der Waals surface area contributed by atoms with Gasteiger partial charge in [-0.3, -0.25) is 0 Å². The van der Waals surface area contributed by atoms with Gasteiger partial charge in [-0.15, -0.1) is 0 Å². The van der Waals surface area contributed by atoms with E-state index in [0.717, 1.165) is 5.56 Å². The summed E-state index contributed by atoms with van der Waals surface area (Å²) in [5.41, 5.74) is 0.943. The molecule has 6 heteroatoms. The van der Waals surface area contributed by atoms with Crippen molar-refractivity contribution in [1.82, 2.24) is 0 Å². The second-order valence-corrected chi connectivity index (χ2v) is 4.69. The third-order valence-corrected chi connectivity index (χ3v) is 3.08. The number of halogens is 3. The fraction of sp³-hybridized carbons (Fsp3) is 0.308. The number of ether oxygens (including phenoxy) is 1. The van der Waals surface area contributed by atoms with Crippen LogP contribution >= 0.6 is 11.6 Å². The first kappa shape index (κ1) is 13.8. The van der Waals surface area contributed by atoms with E-state index in [1.54, 1.807) is 19.1 Å². The Morgan fingerprint density at radius 2 is 2.26 bits per heavy atom. The van der Waals surface area contributed by atoms with Gasteiger partial charge in [0.1, 0.15) is 12.4 Å². The molecule has 1 N–H and O–H groups in total. The zero-order valence-corrected chi connectivity index (χ0v) is 10.7. The third kappa shape index (κ3) is 2.56. The molecule has 0 bridgehead atoms. The van der Waals surface area contributed by atoms with Crippen LogP contribution in [0.15, 0.2) is 17.7 Å². The van der Waals surface area contributed by atoms with Crippen molar-refractivity contribution in [2.45, 2.75) is 19.2 Å². The van der Waals surface area contributed by atoms with Gasteiger partial charge in [-0.05, 0) is 30.7 Å². The third-order valence-electron chi connectivity index (χ3n) is 2.80. The van der Waals surface area contributed by atoms with Crippen LogP contribution in [0.3, 0.4) is 0 Å². The number of alkyl halides is 2. The number of hydrogen-bond donors (Lipinski definition) is 1. The molecule has 0 saturated carbocycles. The maximum atomic E-state index is 13.5. The Kier molecular flexibility index (Phi) is 3.75. The van der Waals surface area contributed by atoms with Gasteiger partial charge in [0.05, 0.1) is 10.6 Å². The van der Waals surface area contributed by atoms with Crippen molar-refractivity contribution < 1.29 is 23.4 Å². The number of rotatable bonds is 3. The highest BCUT2D eigenvalue weighted by molar-refractivity contribution is 6.32. The summed E-state index contributed by atoms with van der Waals surface area (Å²) < 4.78 is 31.2. The van der Waals surface area contributed by atoms with Crippen LogP contribution in [0.4, 0.5) is 8.78 Å². The molecule has 2 rings (SSSR count). The van der Waals surface area contributed by atoms with Crippen molar-refractivity contribution in [1.29, 1.82) is 0 Å². The number of carboxylic acids is 1. The standard InChI is InChI=1S/C13H11ClF2O3/c1-6-2-7-4-8(13(17)18)12(10(16)5-15)19-11(7)9(14)3-6/h2-4,10,12H,5H2,1H3,(H,17,18). The molecule has 102 valence electrons. The molecule has 0 saturated heterocycles. The SMILES string of the molecule is Cc1cc(Cl)c2c(c1)C=C(C(=O)O)C(C(F)CF)O2. The van der Waals surface area contributed by atoms with Gasteiger partial charge < -0.3 is 9.84 Å². The summed E-state index contributed by atoms with van der Waals surface area (Å²) >= 11 is 5.97. The Bertz CT molecular complexity index is 557. The molecule has 19 heavy (non-hydrogen) atoms. The molecule has 1 aromatic carbocycles. The van der Waals surface area contributed by atoms with E-state index >= 15 is 0 Å². The molecule has 0 spiro atoms. The van der Waals surface area contributed by atoms with Gasteiger partial charge in [0, 0.05) is 5.56 Å². The monoisotopic (exact) mass is 288 g/mol. The first-order valence-corrected chi connectivity index (χ1v) is 5.93. The topological polar surface area (TPSA) is 46.5 Å². The van der Waals surface area contributed by atoms with Crippen molar-refractivity contribution in [3.63, 3.8) is 0 Å². The fourth-order valence-electron chi connectivity index (χ4n) is 1.96. The average molecular weight is 289 g/mol. The van der Waals surface area contributed by atoms with E-state index in [0.29, 0.717) is 5.56 Å². The Labute approximate surface area is 113 Å². The molecule has 0 aromatic heterocycles.